The molecular formula is C21H33F3N4O. The van der Waals surface area contributed by atoms with Gasteiger partial charge in [0.1, 0.15) is 5.75 Å². The van der Waals surface area contributed by atoms with Gasteiger partial charge in [-0.25, -0.2) is 0 Å². The summed E-state index contributed by atoms with van der Waals surface area (Å²) in [6.45, 7) is 6.72. The van der Waals surface area contributed by atoms with Crippen LogP contribution in [0.2, 0.25) is 0 Å². The molecule has 0 aliphatic carbocycles. The van der Waals surface area contributed by atoms with Crippen LogP contribution < -0.4 is 10.1 Å². The van der Waals surface area contributed by atoms with Crippen molar-refractivity contribution in [2.24, 2.45) is 10.9 Å². The van der Waals surface area contributed by atoms with Gasteiger partial charge in [0.05, 0.1) is 13.2 Å². The molecule has 5 nitrogen and oxygen atoms in total. The Morgan fingerprint density at radius 3 is 2.76 bits per heavy atom. The summed E-state index contributed by atoms with van der Waals surface area (Å²) < 4.78 is 43.8. The van der Waals surface area contributed by atoms with E-state index in [-0.39, 0.29) is 5.92 Å². The number of guanidine groups is 1. The zero-order chi connectivity index (χ0) is 21.3. The molecule has 1 atom stereocenters. The van der Waals surface area contributed by atoms with Crippen LogP contribution in [0.25, 0.3) is 0 Å². The molecule has 1 aliphatic heterocycles. The van der Waals surface area contributed by atoms with Crippen LogP contribution in [0.5, 0.6) is 5.75 Å². The molecule has 1 N–H and O–H groups in total. The lowest BCUT2D eigenvalue weighted by atomic mass is 10.1. The van der Waals surface area contributed by atoms with Crippen LogP contribution in [0, 0.1) is 12.8 Å². The summed E-state index contributed by atoms with van der Waals surface area (Å²) in [6, 6.07) is 7.93. The van der Waals surface area contributed by atoms with E-state index < -0.39 is 12.7 Å². The number of ether oxygens (including phenoxy) is 1. The highest BCUT2D eigenvalue weighted by atomic mass is 19.4. The Bertz CT molecular complexity index is 651. The number of aliphatic imine (C=N–C) groups is 1. The van der Waals surface area contributed by atoms with E-state index in [1.807, 2.05) is 31.2 Å². The Balaban J connectivity index is 1.70. The van der Waals surface area contributed by atoms with Crippen LogP contribution >= 0.6 is 0 Å². The molecule has 164 valence electrons. The topological polar surface area (TPSA) is 40.1 Å². The van der Waals surface area contributed by atoms with Crippen LogP contribution in [-0.2, 0) is 0 Å². The Morgan fingerprint density at radius 1 is 1.34 bits per heavy atom. The normalized spacial score (nSPS) is 17.8. The molecule has 0 radical (unpaired) electrons. The van der Waals surface area contributed by atoms with Gasteiger partial charge in [0.2, 0.25) is 0 Å². The van der Waals surface area contributed by atoms with Gasteiger partial charge < -0.3 is 15.0 Å². The third-order valence-corrected chi connectivity index (χ3v) is 5.12. The molecule has 0 amide bonds. The van der Waals surface area contributed by atoms with Crippen molar-refractivity contribution in [1.29, 1.82) is 0 Å². The number of para-hydroxylation sites is 1. The second kappa shape index (κ2) is 11.3. The van der Waals surface area contributed by atoms with Crippen molar-refractivity contribution in [2.75, 3.05) is 52.9 Å². The zero-order valence-corrected chi connectivity index (χ0v) is 17.6. The van der Waals surface area contributed by atoms with Crippen molar-refractivity contribution in [3.05, 3.63) is 29.8 Å². The molecular weight excluding hydrogens is 381 g/mol. The standard InChI is InChI=1S/C21H33F3N4O/c1-4-27(16-21(22,23)24)14-18-10-12-28(15-18)20(25-3)26-11-7-13-29-19-9-6-5-8-17(19)2/h5-6,8-9,18H,4,7,10-16H2,1-3H3,(H,25,26). The quantitative estimate of drug-likeness (QED) is 0.381. The highest BCUT2D eigenvalue weighted by Crippen LogP contribution is 2.21. The van der Waals surface area contributed by atoms with E-state index in [0.29, 0.717) is 19.7 Å². The molecule has 1 saturated heterocycles. The van der Waals surface area contributed by atoms with E-state index in [1.165, 1.54) is 4.90 Å². The number of aryl methyl sites for hydroxylation is 1. The molecule has 2 rings (SSSR count). The molecule has 29 heavy (non-hydrogen) atoms. The third-order valence-electron chi connectivity index (χ3n) is 5.12. The highest BCUT2D eigenvalue weighted by molar-refractivity contribution is 5.80. The average molecular weight is 415 g/mol. The lowest BCUT2D eigenvalue weighted by Crippen LogP contribution is -2.42. The second-order valence-electron chi connectivity index (χ2n) is 7.49. The van der Waals surface area contributed by atoms with Crippen molar-refractivity contribution in [2.45, 2.75) is 32.9 Å². The molecule has 1 aromatic carbocycles. The number of hydrogen-bond donors (Lipinski definition) is 1. The first-order valence-electron chi connectivity index (χ1n) is 10.3. The van der Waals surface area contributed by atoms with Gasteiger partial charge in [-0.1, -0.05) is 25.1 Å². The molecule has 1 unspecified atom stereocenters. The van der Waals surface area contributed by atoms with Crippen LogP contribution in [0.1, 0.15) is 25.3 Å². The van der Waals surface area contributed by atoms with Gasteiger partial charge in [-0.3, -0.25) is 9.89 Å². The minimum atomic E-state index is -4.15. The summed E-state index contributed by atoms with van der Waals surface area (Å²) in [5.74, 6) is 1.93. The van der Waals surface area contributed by atoms with Crippen molar-refractivity contribution in [3.8, 4) is 5.75 Å². The molecule has 8 heteroatoms. The predicted molar refractivity (Wildman–Crippen MR) is 111 cm³/mol. The number of halogens is 3. The number of nitrogens with zero attached hydrogens (tertiary/aromatic N) is 3. The maximum atomic E-state index is 12.7. The Kier molecular flexibility index (Phi) is 9.07. The summed E-state index contributed by atoms with van der Waals surface area (Å²) in [4.78, 5) is 7.94. The number of rotatable bonds is 9. The molecule has 1 aromatic rings. The number of benzene rings is 1. The van der Waals surface area contributed by atoms with Gasteiger partial charge in [0.15, 0.2) is 5.96 Å². The first kappa shape index (κ1) is 23.3. The van der Waals surface area contributed by atoms with E-state index in [0.717, 1.165) is 49.7 Å². The van der Waals surface area contributed by atoms with Crippen LogP contribution in [-0.4, -0.2) is 74.9 Å². The fourth-order valence-electron chi connectivity index (χ4n) is 3.60. The van der Waals surface area contributed by atoms with Crippen LogP contribution in [0.4, 0.5) is 13.2 Å². The Morgan fingerprint density at radius 2 is 2.10 bits per heavy atom. The molecule has 1 fully saturated rings. The van der Waals surface area contributed by atoms with Gasteiger partial charge in [-0.05, 0) is 43.9 Å². The van der Waals surface area contributed by atoms with Crippen molar-refractivity contribution >= 4 is 5.96 Å². The minimum absolute atomic E-state index is 0.222. The first-order valence-corrected chi connectivity index (χ1v) is 10.3. The summed E-state index contributed by atoms with van der Waals surface area (Å²) >= 11 is 0. The van der Waals surface area contributed by atoms with E-state index in [9.17, 15) is 13.2 Å². The molecule has 1 heterocycles. The fraction of sp³-hybridized carbons (Fsp3) is 0.667. The van der Waals surface area contributed by atoms with E-state index in [4.69, 9.17) is 4.74 Å². The zero-order valence-electron chi connectivity index (χ0n) is 17.6. The maximum Gasteiger partial charge on any atom is 0.401 e. The first-order chi connectivity index (χ1) is 13.8. The van der Waals surface area contributed by atoms with Gasteiger partial charge >= 0.3 is 6.18 Å². The van der Waals surface area contributed by atoms with Crippen LogP contribution in [0.15, 0.2) is 29.3 Å². The largest absolute Gasteiger partial charge is 0.493 e. The van der Waals surface area contributed by atoms with Crippen molar-refractivity contribution in [3.63, 3.8) is 0 Å². The number of alkyl halides is 3. The molecule has 0 saturated carbocycles. The number of nitrogens with one attached hydrogen (secondary N) is 1. The Labute approximate surface area is 171 Å². The third kappa shape index (κ3) is 8.12. The van der Waals surface area contributed by atoms with Crippen molar-refractivity contribution in [1.82, 2.24) is 15.1 Å². The van der Waals surface area contributed by atoms with Gasteiger partial charge in [-0.2, -0.15) is 13.2 Å². The summed E-state index contributed by atoms with van der Waals surface area (Å²) in [7, 11) is 1.74. The summed E-state index contributed by atoms with van der Waals surface area (Å²) in [6.07, 6.45) is -2.43. The van der Waals surface area contributed by atoms with Crippen LogP contribution in [0.3, 0.4) is 0 Å². The smallest absolute Gasteiger partial charge is 0.401 e. The molecule has 0 aromatic heterocycles. The lowest BCUT2D eigenvalue weighted by molar-refractivity contribution is -0.146. The van der Waals surface area contributed by atoms with Gasteiger partial charge in [-0.15, -0.1) is 0 Å². The second-order valence-corrected chi connectivity index (χ2v) is 7.49. The lowest BCUT2D eigenvalue weighted by Gasteiger charge is -2.26. The monoisotopic (exact) mass is 414 g/mol. The van der Waals surface area contributed by atoms with E-state index >= 15 is 0 Å². The summed E-state index contributed by atoms with van der Waals surface area (Å²) in [5.41, 5.74) is 1.12. The molecule has 0 bridgehead atoms. The highest BCUT2D eigenvalue weighted by Gasteiger charge is 2.32. The van der Waals surface area contributed by atoms with Crippen molar-refractivity contribution < 1.29 is 17.9 Å². The number of likely N-dealkylation sites (tertiary alicyclic amines) is 1. The SMILES string of the molecule is CCN(CC1CCN(C(=NC)NCCCOc2ccccc2C)C1)CC(F)(F)F. The van der Waals surface area contributed by atoms with E-state index in [1.54, 1.807) is 14.0 Å². The summed E-state index contributed by atoms with van der Waals surface area (Å²) in [5, 5.41) is 3.34. The van der Waals surface area contributed by atoms with Gasteiger partial charge in [0.25, 0.3) is 0 Å². The fourth-order valence-corrected chi connectivity index (χ4v) is 3.60. The minimum Gasteiger partial charge on any atom is -0.493 e. The van der Waals surface area contributed by atoms with E-state index in [2.05, 4.69) is 15.2 Å². The average Bonchev–Trinajstić information content (AvgIpc) is 3.12. The van der Waals surface area contributed by atoms with Gasteiger partial charge in [0, 0.05) is 33.2 Å². The number of hydrogen-bond acceptors (Lipinski definition) is 3. The predicted octanol–water partition coefficient (Wildman–Crippen LogP) is 3.55. The molecule has 0 spiro atoms. The Hall–Kier alpha value is -1.96. The molecule has 1 aliphatic rings. The maximum absolute atomic E-state index is 12.7.